The third kappa shape index (κ3) is 6.47. The highest BCUT2D eigenvalue weighted by Crippen LogP contribution is 1.94. The van der Waals surface area contributed by atoms with E-state index in [1.807, 2.05) is 0 Å². The van der Waals surface area contributed by atoms with Crippen LogP contribution in [0, 0.1) is 0 Å². The van der Waals surface area contributed by atoms with Crippen LogP contribution in [0.4, 0.5) is 0 Å². The molecular weight excluding hydrogens is 168 g/mol. The molecule has 0 spiro atoms. The van der Waals surface area contributed by atoms with Gasteiger partial charge in [0.15, 0.2) is 12.6 Å². The molecule has 0 aromatic heterocycles. The normalized spacial score (nSPS) is 12.8. The van der Waals surface area contributed by atoms with Crippen molar-refractivity contribution in [3.05, 3.63) is 0 Å². The zero-order valence-corrected chi connectivity index (χ0v) is 7.19. The lowest BCUT2D eigenvalue weighted by atomic mass is 10.6. The first-order valence-electron chi connectivity index (χ1n) is 3.20. The number of aliphatic hydroxyl groups is 2. The molecule has 0 saturated carbocycles. The van der Waals surface area contributed by atoms with Crippen molar-refractivity contribution in [1.29, 1.82) is 0 Å². The quantitative estimate of drug-likeness (QED) is 0.470. The van der Waals surface area contributed by atoms with Gasteiger partial charge in [0.2, 0.25) is 0 Å². The molecule has 0 amide bonds. The Morgan fingerprint density at radius 1 is 1.25 bits per heavy atom. The van der Waals surface area contributed by atoms with Crippen LogP contribution in [0.2, 0.25) is 0 Å². The van der Waals surface area contributed by atoms with Gasteiger partial charge in [-0.3, -0.25) is 0 Å². The van der Waals surface area contributed by atoms with E-state index >= 15 is 0 Å². The summed E-state index contributed by atoms with van der Waals surface area (Å²) in [5.41, 5.74) is 0. The van der Waals surface area contributed by atoms with Crippen LogP contribution in [0.15, 0.2) is 0 Å². The Morgan fingerprint density at radius 2 is 1.75 bits per heavy atom. The van der Waals surface area contributed by atoms with E-state index in [0.29, 0.717) is 0 Å². The van der Waals surface area contributed by atoms with Gasteiger partial charge in [0, 0.05) is 14.2 Å². The third-order valence-corrected chi connectivity index (χ3v) is 1.11. The van der Waals surface area contributed by atoms with Crippen molar-refractivity contribution in [1.82, 2.24) is 0 Å². The van der Waals surface area contributed by atoms with Crippen molar-refractivity contribution in [2.24, 2.45) is 0 Å². The Balaban J connectivity index is 0. The van der Waals surface area contributed by atoms with Crippen molar-refractivity contribution in [2.75, 3.05) is 27.4 Å². The van der Waals surface area contributed by atoms with Gasteiger partial charge < -0.3 is 29.9 Å². The van der Waals surface area contributed by atoms with Gasteiger partial charge in [0.05, 0.1) is 6.61 Å². The van der Waals surface area contributed by atoms with Gasteiger partial charge in [-0.05, 0) is 0 Å². The molecule has 0 heterocycles. The Morgan fingerprint density at radius 3 is 2.08 bits per heavy atom. The summed E-state index contributed by atoms with van der Waals surface area (Å²) >= 11 is 0. The first kappa shape index (κ1) is 14.3. The fourth-order valence-corrected chi connectivity index (χ4v) is 0.475. The van der Waals surface area contributed by atoms with E-state index in [0.717, 1.165) is 0 Å². The zero-order valence-electron chi connectivity index (χ0n) is 7.19. The van der Waals surface area contributed by atoms with Crippen LogP contribution in [-0.2, 0) is 14.2 Å². The molecule has 0 aliphatic heterocycles. The Labute approximate surface area is 71.0 Å². The molecule has 0 aliphatic rings. The predicted octanol–water partition coefficient (Wildman–Crippen LogP) is -1.89. The maximum absolute atomic E-state index is 8.71. The largest absolute Gasteiger partial charge is 0.412 e. The monoisotopic (exact) mass is 184 g/mol. The van der Waals surface area contributed by atoms with Gasteiger partial charge >= 0.3 is 0 Å². The number of methoxy groups -OCH3 is 2. The van der Waals surface area contributed by atoms with Gasteiger partial charge in [-0.25, -0.2) is 0 Å². The molecule has 1 unspecified atom stereocenters. The van der Waals surface area contributed by atoms with Crippen LogP contribution < -0.4 is 0 Å². The van der Waals surface area contributed by atoms with Crippen molar-refractivity contribution >= 4 is 0 Å². The smallest absolute Gasteiger partial charge is 0.180 e. The average Bonchev–Trinajstić information content (AvgIpc) is 2.06. The number of ether oxygens (including phenoxy) is 3. The van der Waals surface area contributed by atoms with Crippen LogP contribution in [0.25, 0.3) is 0 Å². The summed E-state index contributed by atoms with van der Waals surface area (Å²) < 4.78 is 14.2. The van der Waals surface area contributed by atoms with Gasteiger partial charge in [0.1, 0.15) is 6.61 Å². The van der Waals surface area contributed by atoms with Crippen LogP contribution in [0.1, 0.15) is 0 Å². The zero-order chi connectivity index (χ0) is 8.69. The van der Waals surface area contributed by atoms with Gasteiger partial charge in [-0.1, -0.05) is 0 Å². The van der Waals surface area contributed by atoms with E-state index in [-0.39, 0.29) is 12.1 Å². The standard InChI is InChI=1S/C6H14O5.H2O/c1-9-6(10-2)4-11-5(8)3-7;/h5-8H,3-4H2,1-2H3;1H2. The number of hydrogen-bond donors (Lipinski definition) is 2. The van der Waals surface area contributed by atoms with Crippen molar-refractivity contribution in [3.63, 3.8) is 0 Å². The topological polar surface area (TPSA) is 99.7 Å². The Bertz CT molecular complexity index is 84.1. The molecule has 76 valence electrons. The fourth-order valence-electron chi connectivity index (χ4n) is 0.475. The molecule has 0 aromatic rings. The molecule has 6 heteroatoms. The molecule has 0 aliphatic carbocycles. The van der Waals surface area contributed by atoms with Crippen molar-refractivity contribution in [2.45, 2.75) is 12.6 Å². The minimum atomic E-state index is -1.16. The van der Waals surface area contributed by atoms with Gasteiger partial charge in [-0.2, -0.15) is 0 Å². The highest BCUT2D eigenvalue weighted by Gasteiger charge is 2.08. The van der Waals surface area contributed by atoms with Crippen molar-refractivity contribution < 1.29 is 29.9 Å². The number of hydrogen-bond acceptors (Lipinski definition) is 5. The summed E-state index contributed by atoms with van der Waals surface area (Å²) in [5.74, 6) is 0. The molecule has 0 radical (unpaired) electrons. The molecule has 0 saturated heterocycles. The van der Waals surface area contributed by atoms with Gasteiger partial charge in [-0.15, -0.1) is 0 Å². The second-order valence-electron chi connectivity index (χ2n) is 1.87. The lowest BCUT2D eigenvalue weighted by Gasteiger charge is -2.15. The number of rotatable bonds is 6. The summed E-state index contributed by atoms with van der Waals surface area (Å²) in [6.07, 6.45) is -1.67. The molecule has 0 aromatic carbocycles. The molecule has 0 fully saturated rings. The molecule has 12 heavy (non-hydrogen) atoms. The van der Waals surface area contributed by atoms with E-state index in [1.165, 1.54) is 14.2 Å². The molecule has 6 nitrogen and oxygen atoms in total. The first-order valence-corrected chi connectivity index (χ1v) is 3.20. The van der Waals surface area contributed by atoms with Crippen LogP contribution in [0.3, 0.4) is 0 Å². The van der Waals surface area contributed by atoms with Crippen LogP contribution in [-0.4, -0.2) is 55.7 Å². The minimum absolute atomic E-state index is 0. The average molecular weight is 184 g/mol. The third-order valence-electron chi connectivity index (χ3n) is 1.11. The highest BCUT2D eigenvalue weighted by molar-refractivity contribution is 4.40. The van der Waals surface area contributed by atoms with E-state index in [4.69, 9.17) is 24.4 Å². The van der Waals surface area contributed by atoms with Gasteiger partial charge in [0.25, 0.3) is 0 Å². The van der Waals surface area contributed by atoms with E-state index in [2.05, 4.69) is 0 Å². The maximum atomic E-state index is 8.71. The lowest BCUT2D eigenvalue weighted by molar-refractivity contribution is -0.195. The second-order valence-corrected chi connectivity index (χ2v) is 1.87. The molecule has 0 bridgehead atoms. The fraction of sp³-hybridized carbons (Fsp3) is 1.00. The summed E-state index contributed by atoms with van der Waals surface area (Å²) in [6.45, 7) is -0.338. The van der Waals surface area contributed by atoms with E-state index in [9.17, 15) is 0 Å². The summed E-state index contributed by atoms with van der Waals surface area (Å²) in [5, 5.41) is 17.1. The predicted molar refractivity (Wildman–Crippen MR) is 40.5 cm³/mol. The summed E-state index contributed by atoms with van der Waals surface area (Å²) in [4.78, 5) is 0. The van der Waals surface area contributed by atoms with Crippen molar-refractivity contribution in [3.8, 4) is 0 Å². The Kier molecular flexibility index (Phi) is 10.5. The molecule has 1 atom stereocenters. The minimum Gasteiger partial charge on any atom is -0.412 e. The van der Waals surface area contributed by atoms with E-state index in [1.54, 1.807) is 0 Å². The maximum Gasteiger partial charge on any atom is 0.180 e. The van der Waals surface area contributed by atoms with Crippen LogP contribution >= 0.6 is 0 Å². The number of aliphatic hydroxyl groups excluding tert-OH is 2. The summed E-state index contributed by atoms with van der Waals surface area (Å²) in [7, 11) is 2.92. The van der Waals surface area contributed by atoms with E-state index < -0.39 is 19.2 Å². The molecular formula is C6H16O6. The SMILES string of the molecule is COC(COC(O)CO)OC.O. The highest BCUT2D eigenvalue weighted by atomic mass is 16.7. The second kappa shape index (κ2) is 8.85. The molecule has 0 rings (SSSR count). The lowest BCUT2D eigenvalue weighted by Crippen LogP contribution is -2.26. The molecule has 4 N–H and O–H groups in total. The Hall–Kier alpha value is -0.240. The van der Waals surface area contributed by atoms with Crippen LogP contribution in [0.5, 0.6) is 0 Å². The summed E-state index contributed by atoms with van der Waals surface area (Å²) in [6, 6.07) is 0. The first-order chi connectivity index (χ1) is 5.24.